The molecule has 4 nitrogen and oxygen atoms in total. The van der Waals surface area contributed by atoms with Crippen molar-refractivity contribution in [3.8, 4) is 11.8 Å². The third-order valence-corrected chi connectivity index (χ3v) is 6.30. The Balaban J connectivity index is 1.97. The second-order valence-corrected chi connectivity index (χ2v) is 9.08. The summed E-state index contributed by atoms with van der Waals surface area (Å²) in [4.78, 5) is 2.00. The van der Waals surface area contributed by atoms with E-state index in [1.165, 1.54) is 11.3 Å². The first-order valence-electron chi connectivity index (χ1n) is 6.40. The maximum atomic E-state index is 12.0. The summed E-state index contributed by atoms with van der Waals surface area (Å²) in [6.07, 6.45) is 0. The monoisotopic (exact) mass is 398 g/mol. The summed E-state index contributed by atoms with van der Waals surface area (Å²) < 4.78 is 27.5. The van der Waals surface area contributed by atoms with Gasteiger partial charge in [-0.25, -0.2) is 8.42 Å². The van der Waals surface area contributed by atoms with E-state index in [4.69, 9.17) is 0 Å². The zero-order chi connectivity index (χ0) is 16.2. The van der Waals surface area contributed by atoms with Crippen LogP contribution in [0.2, 0.25) is 0 Å². The Labute approximate surface area is 143 Å². The van der Waals surface area contributed by atoms with Gasteiger partial charge in [0.2, 0.25) is 0 Å². The van der Waals surface area contributed by atoms with Gasteiger partial charge in [-0.1, -0.05) is 11.8 Å². The van der Waals surface area contributed by atoms with Crippen LogP contribution < -0.4 is 9.62 Å². The SMILES string of the molecule is CN(C)c1ccc(C#CCNS(=O)(=O)c2ccc(Br)s2)cc1. The van der Waals surface area contributed by atoms with E-state index in [1.807, 2.05) is 43.3 Å². The lowest BCUT2D eigenvalue weighted by molar-refractivity contribution is 0.588. The molecule has 2 aromatic rings. The second-order valence-electron chi connectivity index (χ2n) is 4.63. The molecule has 1 aromatic heterocycles. The molecular weight excluding hydrogens is 384 g/mol. The molecule has 0 saturated carbocycles. The number of thiophene rings is 1. The van der Waals surface area contributed by atoms with Gasteiger partial charge in [0.05, 0.1) is 10.3 Å². The largest absolute Gasteiger partial charge is 0.378 e. The molecule has 22 heavy (non-hydrogen) atoms. The number of rotatable bonds is 4. The van der Waals surface area contributed by atoms with Crippen LogP contribution in [0.4, 0.5) is 5.69 Å². The van der Waals surface area contributed by atoms with E-state index in [2.05, 4.69) is 32.5 Å². The summed E-state index contributed by atoms with van der Waals surface area (Å²) in [7, 11) is 0.459. The van der Waals surface area contributed by atoms with Gasteiger partial charge < -0.3 is 4.90 Å². The van der Waals surface area contributed by atoms with E-state index in [0.717, 1.165) is 15.0 Å². The van der Waals surface area contributed by atoms with E-state index in [9.17, 15) is 8.42 Å². The Morgan fingerprint density at radius 2 is 1.86 bits per heavy atom. The normalized spacial score (nSPS) is 10.9. The molecule has 2 rings (SSSR count). The van der Waals surface area contributed by atoms with Gasteiger partial charge in [0.1, 0.15) is 4.21 Å². The van der Waals surface area contributed by atoms with Crippen LogP contribution in [0.3, 0.4) is 0 Å². The zero-order valence-corrected chi connectivity index (χ0v) is 15.3. The highest BCUT2D eigenvalue weighted by atomic mass is 79.9. The fraction of sp³-hybridized carbons (Fsp3) is 0.200. The molecular formula is C15H15BrN2O2S2. The number of sulfonamides is 1. The van der Waals surface area contributed by atoms with Gasteiger partial charge in [0.15, 0.2) is 0 Å². The van der Waals surface area contributed by atoms with Crippen LogP contribution in [0.1, 0.15) is 5.56 Å². The second kappa shape index (κ2) is 7.29. The van der Waals surface area contributed by atoms with Gasteiger partial charge in [0, 0.05) is 25.3 Å². The first kappa shape index (κ1) is 17.0. The lowest BCUT2D eigenvalue weighted by atomic mass is 10.2. The van der Waals surface area contributed by atoms with Crippen LogP contribution in [0.25, 0.3) is 0 Å². The first-order valence-corrected chi connectivity index (χ1v) is 9.49. The van der Waals surface area contributed by atoms with Crippen LogP contribution in [0.5, 0.6) is 0 Å². The molecule has 1 N–H and O–H groups in total. The highest BCUT2D eigenvalue weighted by Gasteiger charge is 2.14. The minimum Gasteiger partial charge on any atom is -0.378 e. The third-order valence-electron chi connectivity index (χ3n) is 2.78. The molecule has 0 aliphatic rings. The molecule has 116 valence electrons. The highest BCUT2D eigenvalue weighted by molar-refractivity contribution is 9.11. The topological polar surface area (TPSA) is 49.4 Å². The first-order chi connectivity index (χ1) is 10.4. The average Bonchev–Trinajstić information content (AvgIpc) is 2.92. The molecule has 0 amide bonds. The van der Waals surface area contributed by atoms with Gasteiger partial charge >= 0.3 is 0 Å². The van der Waals surface area contributed by atoms with Crippen LogP contribution in [0, 0.1) is 11.8 Å². The highest BCUT2D eigenvalue weighted by Crippen LogP contribution is 2.25. The molecule has 0 saturated heterocycles. The van der Waals surface area contributed by atoms with Crippen molar-refractivity contribution in [2.24, 2.45) is 0 Å². The Morgan fingerprint density at radius 3 is 2.41 bits per heavy atom. The summed E-state index contributed by atoms with van der Waals surface area (Å²) in [5, 5.41) is 0. The van der Waals surface area contributed by atoms with Crippen molar-refractivity contribution >= 4 is 43.0 Å². The molecule has 0 unspecified atom stereocenters. The Morgan fingerprint density at radius 1 is 1.18 bits per heavy atom. The van der Waals surface area contributed by atoms with Crippen molar-refractivity contribution in [2.75, 3.05) is 25.5 Å². The molecule has 0 atom stereocenters. The van der Waals surface area contributed by atoms with Crippen molar-refractivity contribution in [1.29, 1.82) is 0 Å². The molecule has 0 bridgehead atoms. The maximum Gasteiger partial charge on any atom is 0.250 e. The predicted octanol–water partition coefficient (Wildman–Crippen LogP) is 2.91. The summed E-state index contributed by atoms with van der Waals surface area (Å²) in [6, 6.07) is 11.0. The number of anilines is 1. The van der Waals surface area contributed by atoms with E-state index in [0.29, 0.717) is 0 Å². The number of halogens is 1. The Bertz CT molecular complexity index is 800. The standard InChI is InChI=1S/C15H15BrN2O2S2/c1-18(2)13-7-5-12(6-8-13)4-3-11-17-22(19,20)15-10-9-14(16)21-15/h5-10,17H,11H2,1-2H3. The number of benzene rings is 1. The lowest BCUT2D eigenvalue weighted by Crippen LogP contribution is -2.23. The fourth-order valence-corrected chi connectivity index (χ4v) is 4.61. The smallest absolute Gasteiger partial charge is 0.250 e. The Hall–Kier alpha value is -1.33. The third kappa shape index (κ3) is 4.58. The number of hydrogen-bond acceptors (Lipinski definition) is 4. The van der Waals surface area contributed by atoms with Crippen molar-refractivity contribution < 1.29 is 8.42 Å². The molecule has 0 radical (unpaired) electrons. The van der Waals surface area contributed by atoms with Crippen LogP contribution in [0.15, 0.2) is 44.4 Å². The van der Waals surface area contributed by atoms with Gasteiger partial charge in [-0.3, -0.25) is 0 Å². The van der Waals surface area contributed by atoms with E-state index < -0.39 is 10.0 Å². The number of hydrogen-bond donors (Lipinski definition) is 1. The van der Waals surface area contributed by atoms with Crippen molar-refractivity contribution in [3.63, 3.8) is 0 Å². The summed E-state index contributed by atoms with van der Waals surface area (Å²) in [5.74, 6) is 5.76. The fourth-order valence-electron chi connectivity index (χ4n) is 1.63. The van der Waals surface area contributed by atoms with Crippen LogP contribution >= 0.6 is 27.3 Å². The van der Waals surface area contributed by atoms with Crippen LogP contribution in [-0.4, -0.2) is 29.1 Å². The molecule has 1 heterocycles. The van der Waals surface area contributed by atoms with E-state index in [1.54, 1.807) is 12.1 Å². The molecule has 0 fully saturated rings. The van der Waals surface area contributed by atoms with Crippen molar-refractivity contribution in [1.82, 2.24) is 4.72 Å². The molecule has 7 heteroatoms. The molecule has 0 aliphatic carbocycles. The van der Waals surface area contributed by atoms with E-state index in [-0.39, 0.29) is 10.8 Å². The minimum atomic E-state index is -3.48. The van der Waals surface area contributed by atoms with E-state index >= 15 is 0 Å². The molecule has 0 spiro atoms. The summed E-state index contributed by atoms with van der Waals surface area (Å²) in [5.41, 5.74) is 1.94. The summed E-state index contributed by atoms with van der Waals surface area (Å²) in [6.45, 7) is 0.0767. The summed E-state index contributed by atoms with van der Waals surface area (Å²) >= 11 is 4.41. The van der Waals surface area contributed by atoms with Gasteiger partial charge in [-0.2, -0.15) is 4.72 Å². The average molecular weight is 399 g/mol. The predicted molar refractivity (Wildman–Crippen MR) is 94.9 cm³/mol. The van der Waals surface area contributed by atoms with Gasteiger partial charge in [-0.05, 0) is 52.3 Å². The quantitative estimate of drug-likeness (QED) is 0.805. The van der Waals surface area contributed by atoms with Crippen LogP contribution in [-0.2, 0) is 10.0 Å². The molecule has 0 aliphatic heterocycles. The number of nitrogens with one attached hydrogen (secondary N) is 1. The Kier molecular flexibility index (Phi) is 5.64. The van der Waals surface area contributed by atoms with Gasteiger partial charge in [0.25, 0.3) is 10.0 Å². The van der Waals surface area contributed by atoms with Crippen molar-refractivity contribution in [2.45, 2.75) is 4.21 Å². The molecule has 1 aromatic carbocycles. The minimum absolute atomic E-state index is 0.0767. The lowest BCUT2D eigenvalue weighted by Gasteiger charge is -2.11. The van der Waals surface area contributed by atoms with Crippen molar-refractivity contribution in [3.05, 3.63) is 45.7 Å². The maximum absolute atomic E-state index is 12.0. The van der Waals surface area contributed by atoms with Gasteiger partial charge in [-0.15, -0.1) is 11.3 Å². The number of nitrogens with zero attached hydrogens (tertiary/aromatic N) is 1. The zero-order valence-electron chi connectivity index (χ0n) is 12.1.